The number of aryl methyl sites for hydroxylation is 1. The van der Waals surface area contributed by atoms with E-state index in [0.29, 0.717) is 45.3 Å². The number of aromatic nitrogens is 2. The van der Waals surface area contributed by atoms with Crippen LogP contribution in [0.5, 0.6) is 0 Å². The lowest BCUT2D eigenvalue weighted by Crippen LogP contribution is -2.22. The summed E-state index contributed by atoms with van der Waals surface area (Å²) in [7, 11) is 1.10. The molecule has 0 aromatic carbocycles. The largest absolute Gasteiger partial charge is 0.396 e. The van der Waals surface area contributed by atoms with Crippen molar-refractivity contribution in [1.29, 1.82) is 0 Å². The van der Waals surface area contributed by atoms with E-state index >= 15 is 0 Å². The van der Waals surface area contributed by atoms with Crippen LogP contribution in [0.2, 0.25) is 0 Å². The molecule has 0 spiro atoms. The summed E-state index contributed by atoms with van der Waals surface area (Å²) in [5.41, 5.74) is 6.81. The van der Waals surface area contributed by atoms with Gasteiger partial charge in [-0.05, 0) is 30.7 Å². The number of aliphatic hydroxyl groups excluding tert-OH is 1. The van der Waals surface area contributed by atoms with Crippen molar-refractivity contribution in [2.24, 2.45) is 0 Å². The molecular formula is C15H20F2N4O2S2. The van der Waals surface area contributed by atoms with Gasteiger partial charge in [-0.2, -0.15) is 8.78 Å². The summed E-state index contributed by atoms with van der Waals surface area (Å²) in [6.07, 6.45) is 2.77. The maximum Gasteiger partial charge on any atom is 0.322 e. The van der Waals surface area contributed by atoms with Gasteiger partial charge in [0.1, 0.15) is 11.6 Å². The van der Waals surface area contributed by atoms with Gasteiger partial charge in [-0.15, -0.1) is 0 Å². The molecule has 1 rings (SSSR count). The molecule has 1 aromatic heterocycles. The Morgan fingerprint density at radius 3 is 2.76 bits per heavy atom. The number of nitrogen functional groups attached to an aromatic ring is 1. The van der Waals surface area contributed by atoms with Crippen molar-refractivity contribution in [1.82, 2.24) is 14.9 Å². The maximum absolute atomic E-state index is 13.4. The number of nitrogens with zero attached hydrogens (tertiary/aromatic N) is 3. The van der Waals surface area contributed by atoms with E-state index in [1.165, 1.54) is 11.1 Å². The quantitative estimate of drug-likeness (QED) is 0.360. The molecule has 3 N–H and O–H groups in total. The molecule has 0 saturated heterocycles. The first-order valence-corrected chi connectivity index (χ1v) is 9.36. The lowest BCUT2D eigenvalue weighted by atomic mass is 10.2. The number of carbonyl (C=O) groups is 1. The number of hydrogen-bond donors (Lipinski definition) is 2. The normalized spacial score (nSPS) is 12.5. The summed E-state index contributed by atoms with van der Waals surface area (Å²) in [5, 5.41) is 6.06. The second-order valence-corrected chi connectivity index (χ2v) is 7.35. The second kappa shape index (κ2) is 9.73. The molecule has 1 heterocycles. The monoisotopic (exact) mass is 390 g/mol. The average Bonchev–Trinajstić information content (AvgIpc) is 2.57. The molecule has 1 amide bonds. The minimum absolute atomic E-state index is 0.0967. The second-order valence-electron chi connectivity index (χ2n) is 4.98. The highest BCUT2D eigenvalue weighted by molar-refractivity contribution is 8.78. The van der Waals surface area contributed by atoms with Crippen molar-refractivity contribution in [3.05, 3.63) is 40.8 Å². The summed E-state index contributed by atoms with van der Waals surface area (Å²) in [4.78, 5) is 21.3. The summed E-state index contributed by atoms with van der Waals surface area (Å²) >= 11 is 0. The highest BCUT2D eigenvalue weighted by Crippen LogP contribution is 2.45. The van der Waals surface area contributed by atoms with Gasteiger partial charge in [0.05, 0.1) is 6.54 Å². The summed E-state index contributed by atoms with van der Waals surface area (Å²) in [6.45, 7) is 6.25. The first-order valence-electron chi connectivity index (χ1n) is 7.21. The van der Waals surface area contributed by atoms with Crippen LogP contribution in [0.1, 0.15) is 24.7 Å². The molecule has 6 nitrogen and oxygen atoms in total. The van der Waals surface area contributed by atoms with Crippen LogP contribution in [0.25, 0.3) is 0 Å². The van der Waals surface area contributed by atoms with Gasteiger partial charge in [0.15, 0.2) is 0 Å². The number of hydrogen-bond acceptors (Lipinski definition) is 7. The van der Waals surface area contributed by atoms with Crippen LogP contribution in [-0.2, 0) is 11.3 Å². The van der Waals surface area contributed by atoms with E-state index < -0.39 is 5.25 Å². The third-order valence-electron chi connectivity index (χ3n) is 3.15. The average molecular weight is 390 g/mol. The fraction of sp³-hybridized carbons (Fsp3) is 0.400. The Kier molecular flexibility index (Phi) is 8.33. The fourth-order valence-corrected chi connectivity index (χ4v) is 3.88. The van der Waals surface area contributed by atoms with Crippen LogP contribution < -0.4 is 5.73 Å². The van der Waals surface area contributed by atoms with Crippen LogP contribution >= 0.6 is 21.6 Å². The molecule has 0 fully saturated rings. The Balaban J connectivity index is 3.03. The van der Waals surface area contributed by atoms with Crippen LogP contribution in [0.15, 0.2) is 29.5 Å². The van der Waals surface area contributed by atoms with Crippen LogP contribution in [-0.4, -0.2) is 38.2 Å². The molecule has 0 radical (unpaired) electrons. The maximum atomic E-state index is 13.4. The molecule has 0 saturated carbocycles. The minimum Gasteiger partial charge on any atom is -0.396 e. The van der Waals surface area contributed by atoms with Gasteiger partial charge in [-0.3, -0.25) is 4.79 Å². The molecule has 0 aliphatic heterocycles. The molecule has 0 aliphatic carbocycles. The van der Waals surface area contributed by atoms with Crippen LogP contribution in [0.3, 0.4) is 0 Å². The topological polar surface area (TPSA) is 92.3 Å². The van der Waals surface area contributed by atoms with Crippen molar-refractivity contribution in [2.45, 2.75) is 32.1 Å². The van der Waals surface area contributed by atoms with Gasteiger partial charge in [-0.1, -0.05) is 17.4 Å². The number of alkyl halides is 2. The summed E-state index contributed by atoms with van der Waals surface area (Å²) in [6, 6.07) is 0. The predicted octanol–water partition coefficient (Wildman–Crippen LogP) is 3.10. The molecule has 138 valence electrons. The van der Waals surface area contributed by atoms with E-state index in [4.69, 9.17) is 5.73 Å². The zero-order chi connectivity index (χ0) is 19.0. The Bertz CT molecular complexity index is 656. The van der Waals surface area contributed by atoms with Crippen molar-refractivity contribution in [3.63, 3.8) is 0 Å². The molecule has 0 unspecified atom stereocenters. The number of carbonyl (C=O) groups excluding carboxylic acids is 1. The SMILES string of the molecule is C=CC(F)(F)SS/C(CCO)=C(/C)N(C=O)Cc1cnc(C)nc1N. The third-order valence-corrected chi connectivity index (χ3v) is 5.84. The lowest BCUT2D eigenvalue weighted by molar-refractivity contribution is -0.116. The first kappa shape index (κ1) is 21.4. The van der Waals surface area contributed by atoms with Gasteiger partial charge >= 0.3 is 5.25 Å². The van der Waals surface area contributed by atoms with E-state index in [1.54, 1.807) is 13.8 Å². The van der Waals surface area contributed by atoms with E-state index in [-0.39, 0.29) is 25.4 Å². The van der Waals surface area contributed by atoms with E-state index in [0.717, 1.165) is 10.8 Å². The Morgan fingerprint density at radius 1 is 1.56 bits per heavy atom. The minimum atomic E-state index is -3.12. The lowest BCUT2D eigenvalue weighted by Gasteiger charge is -2.22. The van der Waals surface area contributed by atoms with E-state index in [9.17, 15) is 18.7 Å². The molecule has 0 bridgehead atoms. The summed E-state index contributed by atoms with van der Waals surface area (Å²) < 4.78 is 26.7. The number of nitrogens with two attached hydrogens (primary N) is 1. The molecule has 0 aliphatic rings. The Labute approximate surface area is 153 Å². The zero-order valence-electron chi connectivity index (χ0n) is 13.9. The molecule has 25 heavy (non-hydrogen) atoms. The highest BCUT2D eigenvalue weighted by atomic mass is 33.1. The number of halogens is 2. The summed E-state index contributed by atoms with van der Waals surface area (Å²) in [5.74, 6) is 0.752. The predicted molar refractivity (Wildman–Crippen MR) is 97.5 cm³/mol. The zero-order valence-corrected chi connectivity index (χ0v) is 15.5. The first-order chi connectivity index (χ1) is 11.7. The molecule has 10 heteroatoms. The smallest absolute Gasteiger partial charge is 0.322 e. The number of aliphatic hydroxyl groups is 1. The Hall–Kier alpha value is -1.65. The Morgan fingerprint density at radius 2 is 2.24 bits per heavy atom. The van der Waals surface area contributed by atoms with Gasteiger partial charge in [-0.25, -0.2) is 9.97 Å². The van der Waals surface area contributed by atoms with Crippen molar-refractivity contribution >= 4 is 33.8 Å². The van der Waals surface area contributed by atoms with Crippen molar-refractivity contribution < 1.29 is 18.7 Å². The molecule has 1 aromatic rings. The number of anilines is 1. The van der Waals surface area contributed by atoms with E-state index in [1.807, 2.05) is 0 Å². The van der Waals surface area contributed by atoms with Gasteiger partial charge < -0.3 is 15.7 Å². The van der Waals surface area contributed by atoms with E-state index in [2.05, 4.69) is 16.5 Å². The van der Waals surface area contributed by atoms with Crippen molar-refractivity contribution in [3.8, 4) is 0 Å². The third kappa shape index (κ3) is 6.63. The fourth-order valence-electron chi connectivity index (χ4n) is 1.74. The molecular weight excluding hydrogens is 370 g/mol. The molecule has 0 atom stereocenters. The van der Waals surface area contributed by atoms with Crippen LogP contribution in [0.4, 0.5) is 14.6 Å². The number of rotatable bonds is 10. The van der Waals surface area contributed by atoms with Gasteiger partial charge in [0.2, 0.25) is 6.41 Å². The standard InChI is InChI=1S/C15H20F2N4O2S2/c1-4-15(16,17)25-24-13(5-6-22)10(2)21(9-23)8-12-7-19-11(3)20-14(12)18/h4,7,9,22H,1,5-6,8H2,2-3H3,(H2,18,19,20)/b13-10-. The highest BCUT2D eigenvalue weighted by Gasteiger charge is 2.27. The number of amides is 1. The number of allylic oxidation sites excluding steroid dienone is 1. The van der Waals surface area contributed by atoms with Crippen molar-refractivity contribution in [2.75, 3.05) is 12.3 Å². The van der Waals surface area contributed by atoms with Gasteiger partial charge in [0.25, 0.3) is 0 Å². The van der Waals surface area contributed by atoms with Gasteiger partial charge in [0, 0.05) is 35.4 Å². The van der Waals surface area contributed by atoms with Crippen LogP contribution in [0, 0.1) is 6.92 Å².